The molecule has 186 valence electrons. The van der Waals surface area contributed by atoms with Gasteiger partial charge in [0, 0.05) is 69.5 Å². The van der Waals surface area contributed by atoms with E-state index < -0.39 is 0 Å². The third-order valence-corrected chi connectivity index (χ3v) is 8.77. The molecule has 3 saturated heterocycles. The zero-order valence-corrected chi connectivity index (χ0v) is 20.7. The molecule has 1 N–H and O–H groups in total. The quantitative estimate of drug-likeness (QED) is 0.720. The van der Waals surface area contributed by atoms with Crippen LogP contribution in [-0.2, 0) is 9.59 Å². The molecule has 2 amide bonds. The standard InChI is InChI=1S/C27H41N5O2/c1-29-23(12-13-25(33)31-18-16-30(17-19-31)21-8-4-2-5-9-21)20-28-27(34)26-24(29)14-15-32(26)22-10-6-3-7-11-22/h2,4-5,8-9,22-24,26H,3,6-7,10-20H2,1H3,(H,28,34). The van der Waals surface area contributed by atoms with Crippen LogP contribution in [0.2, 0.25) is 0 Å². The number of carbonyl (C=O) groups is 2. The molecule has 34 heavy (non-hydrogen) atoms. The molecule has 7 heteroatoms. The largest absolute Gasteiger partial charge is 0.368 e. The number of benzene rings is 1. The molecule has 1 aromatic rings. The lowest BCUT2D eigenvalue weighted by Gasteiger charge is -2.38. The number of hydrogen-bond donors (Lipinski definition) is 1. The lowest BCUT2D eigenvalue weighted by Crippen LogP contribution is -2.53. The SMILES string of the molecule is CN1C(CCC(=O)N2CCN(c3ccccc3)CC2)CNC(=O)C2C1CCN2C1CCCCC1. The van der Waals surface area contributed by atoms with Crippen molar-refractivity contribution in [3.63, 3.8) is 0 Å². The number of piperazine rings is 1. The van der Waals surface area contributed by atoms with Gasteiger partial charge in [0.25, 0.3) is 0 Å². The molecule has 1 saturated carbocycles. The average molecular weight is 468 g/mol. The molecule has 1 aromatic carbocycles. The molecule has 0 spiro atoms. The molecule has 0 aromatic heterocycles. The van der Waals surface area contributed by atoms with Gasteiger partial charge in [-0.1, -0.05) is 37.5 Å². The maximum Gasteiger partial charge on any atom is 0.239 e. The minimum absolute atomic E-state index is 0.0279. The Morgan fingerprint density at radius 3 is 2.44 bits per heavy atom. The normalized spacial score (nSPS) is 29.6. The van der Waals surface area contributed by atoms with Gasteiger partial charge in [-0.3, -0.25) is 19.4 Å². The first-order valence-corrected chi connectivity index (χ1v) is 13.4. The van der Waals surface area contributed by atoms with E-state index in [2.05, 4.69) is 51.3 Å². The highest BCUT2D eigenvalue weighted by Gasteiger charge is 2.47. The van der Waals surface area contributed by atoms with E-state index >= 15 is 0 Å². The first-order valence-electron chi connectivity index (χ1n) is 13.4. The van der Waals surface area contributed by atoms with Crippen LogP contribution in [0, 0.1) is 0 Å². The van der Waals surface area contributed by atoms with E-state index in [1.165, 1.54) is 37.8 Å². The van der Waals surface area contributed by atoms with E-state index in [9.17, 15) is 9.59 Å². The van der Waals surface area contributed by atoms with Crippen molar-refractivity contribution in [2.24, 2.45) is 0 Å². The van der Waals surface area contributed by atoms with Gasteiger partial charge in [-0.05, 0) is 44.9 Å². The molecule has 4 fully saturated rings. The Kier molecular flexibility index (Phi) is 7.40. The summed E-state index contributed by atoms with van der Waals surface area (Å²) in [5, 5.41) is 3.24. The first kappa shape index (κ1) is 23.6. The van der Waals surface area contributed by atoms with Crippen molar-refractivity contribution < 1.29 is 9.59 Å². The highest BCUT2D eigenvalue weighted by Crippen LogP contribution is 2.33. The van der Waals surface area contributed by atoms with Crippen molar-refractivity contribution in [1.29, 1.82) is 0 Å². The molecule has 5 rings (SSSR count). The summed E-state index contributed by atoms with van der Waals surface area (Å²) >= 11 is 0. The van der Waals surface area contributed by atoms with Gasteiger partial charge in [0.05, 0.1) is 0 Å². The Morgan fingerprint density at radius 2 is 1.71 bits per heavy atom. The Hall–Kier alpha value is -2.12. The van der Waals surface area contributed by atoms with Crippen molar-refractivity contribution in [2.45, 2.75) is 75.5 Å². The van der Waals surface area contributed by atoms with Crippen molar-refractivity contribution in [1.82, 2.24) is 20.0 Å². The average Bonchev–Trinajstić information content (AvgIpc) is 3.30. The molecule has 3 atom stereocenters. The van der Waals surface area contributed by atoms with Crippen molar-refractivity contribution in [3.8, 4) is 0 Å². The van der Waals surface area contributed by atoms with Gasteiger partial charge in [-0.15, -0.1) is 0 Å². The minimum atomic E-state index is -0.0279. The number of fused-ring (bicyclic) bond motifs is 1. The molecule has 3 aliphatic heterocycles. The number of carbonyl (C=O) groups excluding carboxylic acids is 2. The van der Waals surface area contributed by atoms with Crippen LogP contribution in [0.4, 0.5) is 5.69 Å². The Labute approximate surface area is 204 Å². The van der Waals surface area contributed by atoms with Gasteiger partial charge < -0.3 is 15.1 Å². The number of hydrogen-bond acceptors (Lipinski definition) is 5. The third-order valence-electron chi connectivity index (χ3n) is 8.77. The van der Waals surface area contributed by atoms with Crippen LogP contribution in [0.5, 0.6) is 0 Å². The summed E-state index contributed by atoms with van der Waals surface area (Å²) in [6.45, 7) is 5.01. The maximum atomic E-state index is 13.1. The molecule has 0 bridgehead atoms. The van der Waals surface area contributed by atoms with Crippen LogP contribution in [-0.4, -0.2) is 97.0 Å². The van der Waals surface area contributed by atoms with E-state index in [1.807, 2.05) is 11.0 Å². The number of likely N-dealkylation sites (tertiary alicyclic amines) is 1. The van der Waals surface area contributed by atoms with E-state index in [-0.39, 0.29) is 29.9 Å². The fraction of sp³-hybridized carbons (Fsp3) is 0.704. The second-order valence-corrected chi connectivity index (χ2v) is 10.6. The van der Waals surface area contributed by atoms with Gasteiger partial charge >= 0.3 is 0 Å². The van der Waals surface area contributed by atoms with Crippen LogP contribution in [0.25, 0.3) is 0 Å². The fourth-order valence-corrected chi connectivity index (χ4v) is 6.72. The van der Waals surface area contributed by atoms with Gasteiger partial charge in [0.2, 0.25) is 11.8 Å². The first-order chi connectivity index (χ1) is 16.6. The van der Waals surface area contributed by atoms with E-state index in [4.69, 9.17) is 0 Å². The van der Waals surface area contributed by atoms with Crippen molar-refractivity contribution >= 4 is 17.5 Å². The second kappa shape index (κ2) is 10.6. The predicted octanol–water partition coefficient (Wildman–Crippen LogP) is 2.32. The van der Waals surface area contributed by atoms with Gasteiger partial charge in [0.1, 0.15) is 6.04 Å². The Morgan fingerprint density at radius 1 is 0.971 bits per heavy atom. The van der Waals surface area contributed by atoms with Gasteiger partial charge in [-0.2, -0.15) is 0 Å². The summed E-state index contributed by atoms with van der Waals surface area (Å²) in [5.41, 5.74) is 1.24. The van der Waals surface area contributed by atoms with Crippen molar-refractivity contribution in [2.75, 3.05) is 51.2 Å². The summed E-state index contributed by atoms with van der Waals surface area (Å²) in [5.74, 6) is 0.453. The van der Waals surface area contributed by atoms with E-state index in [1.54, 1.807) is 0 Å². The summed E-state index contributed by atoms with van der Waals surface area (Å²) in [6.07, 6.45) is 8.80. The predicted molar refractivity (Wildman–Crippen MR) is 135 cm³/mol. The second-order valence-electron chi connectivity index (χ2n) is 10.6. The number of likely N-dealkylation sites (N-methyl/N-ethyl adjacent to an activating group) is 1. The lowest BCUT2D eigenvalue weighted by molar-refractivity contribution is -0.132. The smallest absolute Gasteiger partial charge is 0.239 e. The Bertz CT molecular complexity index is 835. The molecule has 0 radical (unpaired) electrons. The number of amides is 2. The summed E-state index contributed by atoms with van der Waals surface area (Å²) in [6, 6.07) is 11.5. The van der Waals surface area contributed by atoms with E-state index in [0.717, 1.165) is 45.6 Å². The van der Waals surface area contributed by atoms with Gasteiger partial charge in [0.15, 0.2) is 0 Å². The number of para-hydroxylation sites is 1. The zero-order chi connectivity index (χ0) is 23.5. The van der Waals surface area contributed by atoms with Gasteiger partial charge in [-0.25, -0.2) is 0 Å². The highest BCUT2D eigenvalue weighted by molar-refractivity contribution is 5.83. The van der Waals surface area contributed by atoms with E-state index in [0.29, 0.717) is 19.0 Å². The Balaban J connectivity index is 1.13. The zero-order valence-electron chi connectivity index (χ0n) is 20.7. The molecule has 1 aliphatic carbocycles. The number of rotatable bonds is 5. The molecule has 4 aliphatic rings. The van der Waals surface area contributed by atoms with Crippen LogP contribution in [0.15, 0.2) is 30.3 Å². The summed E-state index contributed by atoms with van der Waals surface area (Å²) in [4.78, 5) is 35.4. The minimum Gasteiger partial charge on any atom is -0.368 e. The van der Waals surface area contributed by atoms with Crippen LogP contribution in [0.1, 0.15) is 51.4 Å². The maximum absolute atomic E-state index is 13.1. The molecular formula is C27H41N5O2. The summed E-state index contributed by atoms with van der Waals surface area (Å²) in [7, 11) is 2.18. The number of nitrogens with one attached hydrogen (secondary N) is 1. The summed E-state index contributed by atoms with van der Waals surface area (Å²) < 4.78 is 0. The van der Waals surface area contributed by atoms with Crippen LogP contribution in [0.3, 0.4) is 0 Å². The van der Waals surface area contributed by atoms with Crippen LogP contribution < -0.4 is 10.2 Å². The third kappa shape index (κ3) is 4.96. The monoisotopic (exact) mass is 467 g/mol. The van der Waals surface area contributed by atoms with Crippen molar-refractivity contribution in [3.05, 3.63) is 30.3 Å². The highest BCUT2D eigenvalue weighted by atomic mass is 16.2. The topological polar surface area (TPSA) is 59.1 Å². The molecule has 3 unspecified atom stereocenters. The lowest BCUT2D eigenvalue weighted by atomic mass is 9.93. The number of nitrogens with zero attached hydrogens (tertiary/aromatic N) is 4. The molecular weight excluding hydrogens is 426 g/mol. The van der Waals surface area contributed by atoms with Crippen LogP contribution >= 0.6 is 0 Å². The fourth-order valence-electron chi connectivity index (χ4n) is 6.72. The molecule has 3 heterocycles. The number of anilines is 1. The molecule has 7 nitrogen and oxygen atoms in total.